The molecule has 4 heteroatoms. The molecule has 0 fully saturated rings. The molecule has 0 spiro atoms. The van der Waals surface area contributed by atoms with E-state index in [-0.39, 0.29) is 19.4 Å². The molecule has 1 heterocycles. The number of nitrogens with zero attached hydrogens (tertiary/aromatic N) is 1. The third-order valence-electron chi connectivity index (χ3n) is 4.01. The van der Waals surface area contributed by atoms with Crippen LogP contribution in [0.15, 0.2) is 18.2 Å². The van der Waals surface area contributed by atoms with E-state index in [0.717, 1.165) is 34.3 Å². The van der Waals surface area contributed by atoms with E-state index < -0.39 is 5.92 Å². The van der Waals surface area contributed by atoms with Crippen molar-refractivity contribution >= 4 is 10.9 Å². The van der Waals surface area contributed by atoms with E-state index in [0.29, 0.717) is 6.42 Å². The molecule has 1 aromatic heterocycles. The number of alkyl halides is 2. The van der Waals surface area contributed by atoms with Gasteiger partial charge >= 0.3 is 0 Å². The zero-order valence-corrected chi connectivity index (χ0v) is 10.9. The Morgan fingerprint density at radius 3 is 2.84 bits per heavy atom. The van der Waals surface area contributed by atoms with Crippen molar-refractivity contribution in [2.45, 2.75) is 45.3 Å². The summed E-state index contributed by atoms with van der Waals surface area (Å²) in [4.78, 5) is 0. The molecule has 102 valence electrons. The quantitative estimate of drug-likeness (QED) is 0.885. The van der Waals surface area contributed by atoms with Crippen molar-refractivity contribution in [2.24, 2.45) is 0 Å². The van der Waals surface area contributed by atoms with Crippen LogP contribution >= 0.6 is 0 Å². The summed E-state index contributed by atoms with van der Waals surface area (Å²) in [5, 5.41) is 10.1. The summed E-state index contributed by atoms with van der Waals surface area (Å²) in [5.41, 5.74) is 3.58. The van der Waals surface area contributed by atoms with Gasteiger partial charge in [-0.1, -0.05) is 6.07 Å². The lowest BCUT2D eigenvalue weighted by atomic mass is 9.92. The van der Waals surface area contributed by atoms with Gasteiger partial charge in [0.2, 0.25) is 0 Å². The number of aryl methyl sites for hydroxylation is 1. The van der Waals surface area contributed by atoms with E-state index in [1.807, 2.05) is 25.1 Å². The number of aliphatic hydroxyl groups is 1. The van der Waals surface area contributed by atoms with Gasteiger partial charge in [-0.2, -0.15) is 0 Å². The summed E-state index contributed by atoms with van der Waals surface area (Å²) in [6.45, 7) is 2.76. The van der Waals surface area contributed by atoms with Gasteiger partial charge in [-0.05, 0) is 36.6 Å². The second kappa shape index (κ2) is 4.30. The van der Waals surface area contributed by atoms with Gasteiger partial charge in [-0.25, -0.2) is 8.78 Å². The van der Waals surface area contributed by atoms with Gasteiger partial charge in [0.05, 0.1) is 6.61 Å². The first-order chi connectivity index (χ1) is 9.05. The maximum atomic E-state index is 13.6. The molecule has 1 aromatic carbocycles. The molecule has 0 saturated heterocycles. The molecule has 0 radical (unpaired) electrons. The highest BCUT2D eigenvalue weighted by Gasteiger charge is 2.36. The first kappa shape index (κ1) is 12.6. The lowest BCUT2D eigenvalue weighted by Gasteiger charge is -2.23. The summed E-state index contributed by atoms with van der Waals surface area (Å²) in [5.74, 6) is -2.60. The SMILES string of the molecule is CCn1c2c(c3cc(CO)ccc31)CC(F)(F)CC2. The van der Waals surface area contributed by atoms with Crippen molar-refractivity contribution in [1.29, 1.82) is 0 Å². The van der Waals surface area contributed by atoms with Gasteiger partial charge in [-0.15, -0.1) is 0 Å². The van der Waals surface area contributed by atoms with E-state index in [2.05, 4.69) is 4.57 Å². The number of hydrogen-bond acceptors (Lipinski definition) is 1. The van der Waals surface area contributed by atoms with Gasteiger partial charge < -0.3 is 9.67 Å². The van der Waals surface area contributed by atoms with Crippen molar-refractivity contribution in [2.75, 3.05) is 0 Å². The topological polar surface area (TPSA) is 25.2 Å². The predicted octanol–water partition coefficient (Wildman–Crippen LogP) is 3.28. The number of benzene rings is 1. The summed E-state index contributed by atoms with van der Waals surface area (Å²) in [7, 11) is 0. The van der Waals surface area contributed by atoms with Crippen molar-refractivity contribution in [3.63, 3.8) is 0 Å². The van der Waals surface area contributed by atoms with Gasteiger partial charge in [0.1, 0.15) is 0 Å². The first-order valence-electron chi connectivity index (χ1n) is 6.67. The van der Waals surface area contributed by atoms with Gasteiger partial charge in [0.25, 0.3) is 5.92 Å². The van der Waals surface area contributed by atoms with Gasteiger partial charge in [0.15, 0.2) is 0 Å². The molecule has 2 aromatic rings. The van der Waals surface area contributed by atoms with Crippen LogP contribution in [-0.2, 0) is 26.0 Å². The fourth-order valence-electron chi connectivity index (χ4n) is 3.11. The highest BCUT2D eigenvalue weighted by Crippen LogP contribution is 2.38. The first-order valence-corrected chi connectivity index (χ1v) is 6.67. The van der Waals surface area contributed by atoms with Crippen molar-refractivity contribution < 1.29 is 13.9 Å². The van der Waals surface area contributed by atoms with Crippen LogP contribution in [0, 0.1) is 0 Å². The number of halogens is 2. The van der Waals surface area contributed by atoms with E-state index in [4.69, 9.17) is 0 Å². The monoisotopic (exact) mass is 265 g/mol. The van der Waals surface area contributed by atoms with E-state index in [9.17, 15) is 13.9 Å². The molecule has 1 aliphatic rings. The van der Waals surface area contributed by atoms with Gasteiger partial charge in [0, 0.05) is 36.0 Å². The molecule has 0 aliphatic heterocycles. The molecule has 0 atom stereocenters. The molecule has 3 rings (SSSR count). The second-order valence-corrected chi connectivity index (χ2v) is 5.21. The average molecular weight is 265 g/mol. The van der Waals surface area contributed by atoms with Crippen LogP contribution in [0.5, 0.6) is 0 Å². The molecular formula is C15H17F2NO. The van der Waals surface area contributed by atoms with E-state index >= 15 is 0 Å². The molecular weight excluding hydrogens is 248 g/mol. The van der Waals surface area contributed by atoms with E-state index in [1.54, 1.807) is 0 Å². The number of aromatic nitrogens is 1. The molecule has 2 nitrogen and oxygen atoms in total. The fraction of sp³-hybridized carbons (Fsp3) is 0.467. The largest absolute Gasteiger partial charge is 0.392 e. The molecule has 19 heavy (non-hydrogen) atoms. The standard InChI is InChI=1S/C15H17F2NO/c1-2-18-13-4-3-10(9-19)7-11(13)12-8-15(16,17)6-5-14(12)18/h3-4,7,19H,2,5-6,8-9H2,1H3. The summed E-state index contributed by atoms with van der Waals surface area (Å²) >= 11 is 0. The molecule has 0 amide bonds. The molecule has 0 unspecified atom stereocenters. The highest BCUT2D eigenvalue weighted by atomic mass is 19.3. The maximum absolute atomic E-state index is 13.6. The normalized spacial score (nSPS) is 17.7. The molecule has 0 bridgehead atoms. The Bertz CT molecular complexity index is 631. The maximum Gasteiger partial charge on any atom is 0.252 e. The van der Waals surface area contributed by atoms with Gasteiger partial charge in [-0.3, -0.25) is 0 Å². The Morgan fingerprint density at radius 2 is 2.16 bits per heavy atom. The minimum Gasteiger partial charge on any atom is -0.392 e. The number of rotatable bonds is 2. The summed E-state index contributed by atoms with van der Waals surface area (Å²) in [6, 6.07) is 5.64. The Labute approximate surface area is 110 Å². The summed E-state index contributed by atoms with van der Waals surface area (Å²) in [6.07, 6.45) is 0.184. The van der Waals surface area contributed by atoms with Crippen molar-refractivity contribution in [3.8, 4) is 0 Å². The Balaban J connectivity index is 2.27. The van der Waals surface area contributed by atoms with Crippen molar-refractivity contribution in [1.82, 2.24) is 4.57 Å². The van der Waals surface area contributed by atoms with Crippen LogP contribution in [-0.4, -0.2) is 15.6 Å². The van der Waals surface area contributed by atoms with Crippen LogP contribution in [0.2, 0.25) is 0 Å². The number of fused-ring (bicyclic) bond motifs is 3. The molecule has 1 aliphatic carbocycles. The average Bonchev–Trinajstić information content (AvgIpc) is 2.69. The Kier molecular flexibility index (Phi) is 2.86. The van der Waals surface area contributed by atoms with Crippen LogP contribution in [0.3, 0.4) is 0 Å². The fourth-order valence-corrected chi connectivity index (χ4v) is 3.11. The minimum atomic E-state index is -2.60. The predicted molar refractivity (Wildman–Crippen MR) is 70.5 cm³/mol. The Hall–Kier alpha value is -1.42. The zero-order chi connectivity index (χ0) is 13.6. The molecule has 1 N–H and O–H groups in total. The smallest absolute Gasteiger partial charge is 0.252 e. The van der Waals surface area contributed by atoms with Crippen LogP contribution in [0.4, 0.5) is 8.78 Å². The number of aliphatic hydroxyl groups excluding tert-OH is 1. The minimum absolute atomic E-state index is 0.0571. The van der Waals surface area contributed by atoms with E-state index in [1.165, 1.54) is 0 Å². The third-order valence-corrected chi connectivity index (χ3v) is 4.01. The highest BCUT2D eigenvalue weighted by molar-refractivity contribution is 5.86. The Morgan fingerprint density at radius 1 is 1.37 bits per heavy atom. The third kappa shape index (κ3) is 1.94. The molecule has 0 saturated carbocycles. The van der Waals surface area contributed by atoms with Crippen molar-refractivity contribution in [3.05, 3.63) is 35.0 Å². The lowest BCUT2D eigenvalue weighted by Crippen LogP contribution is -2.26. The van der Waals surface area contributed by atoms with Crippen LogP contribution < -0.4 is 0 Å². The number of hydrogen-bond donors (Lipinski definition) is 1. The summed E-state index contributed by atoms with van der Waals surface area (Å²) < 4.78 is 29.4. The van der Waals surface area contributed by atoms with Crippen LogP contribution in [0.25, 0.3) is 10.9 Å². The lowest BCUT2D eigenvalue weighted by molar-refractivity contribution is -0.0125. The zero-order valence-electron chi connectivity index (χ0n) is 10.9. The second-order valence-electron chi connectivity index (χ2n) is 5.21. The van der Waals surface area contributed by atoms with Crippen LogP contribution in [0.1, 0.15) is 30.2 Å².